The quantitative estimate of drug-likeness (QED) is 0.878. The molecule has 8 heteroatoms. The van der Waals surface area contributed by atoms with Crippen molar-refractivity contribution in [2.24, 2.45) is 0 Å². The molecule has 1 unspecified atom stereocenters. The minimum Gasteiger partial charge on any atom is -0.481 e. The normalized spacial score (nSPS) is 19.2. The molecule has 0 spiro atoms. The second kappa shape index (κ2) is 6.46. The molecule has 1 aromatic heterocycles. The first-order chi connectivity index (χ1) is 9.16. The summed E-state index contributed by atoms with van der Waals surface area (Å²) in [4.78, 5) is 24.5. The monoisotopic (exact) mass is 284 g/mol. The van der Waals surface area contributed by atoms with Crippen molar-refractivity contribution >= 4 is 28.5 Å². The molecule has 0 saturated carbocycles. The van der Waals surface area contributed by atoms with Crippen molar-refractivity contribution in [2.75, 3.05) is 11.9 Å². The lowest BCUT2D eigenvalue weighted by atomic mass is 9.98. The van der Waals surface area contributed by atoms with E-state index in [0.29, 0.717) is 18.1 Å². The molecule has 2 rings (SSSR count). The van der Waals surface area contributed by atoms with Crippen LogP contribution in [-0.4, -0.2) is 44.8 Å². The Balaban J connectivity index is 1.94. The minimum atomic E-state index is -0.824. The van der Waals surface area contributed by atoms with Crippen LogP contribution in [0.15, 0.2) is 5.51 Å². The molecule has 2 N–H and O–H groups in total. The number of anilines is 1. The van der Waals surface area contributed by atoms with Gasteiger partial charge in [0.05, 0.1) is 0 Å². The fraction of sp³-hybridized carbons (Fsp3) is 0.636. The van der Waals surface area contributed by atoms with Crippen molar-refractivity contribution in [3.05, 3.63) is 5.51 Å². The Bertz CT molecular complexity index is 437. The molecular formula is C11H16N4O3S. The van der Waals surface area contributed by atoms with E-state index in [4.69, 9.17) is 5.11 Å². The van der Waals surface area contributed by atoms with Crippen molar-refractivity contribution in [3.8, 4) is 0 Å². The standard InChI is InChI=1S/C11H16N4O3S/c16-9(17)5-4-8-3-1-2-6-15(8)11(18)13-10-14-12-7-19-10/h7-8H,1-6H2,(H,16,17)(H,13,14,18). The van der Waals surface area contributed by atoms with Gasteiger partial charge in [0, 0.05) is 19.0 Å². The second-order valence-corrected chi connectivity index (χ2v) is 5.28. The molecule has 2 heterocycles. The highest BCUT2D eigenvalue weighted by Gasteiger charge is 2.27. The number of carbonyl (C=O) groups is 2. The van der Waals surface area contributed by atoms with Crippen molar-refractivity contribution in [2.45, 2.75) is 38.1 Å². The topological polar surface area (TPSA) is 95.4 Å². The summed E-state index contributed by atoms with van der Waals surface area (Å²) in [6.45, 7) is 0.662. The fourth-order valence-electron chi connectivity index (χ4n) is 2.25. The summed E-state index contributed by atoms with van der Waals surface area (Å²) < 4.78 is 0. The van der Waals surface area contributed by atoms with Gasteiger partial charge in [0.25, 0.3) is 0 Å². The number of piperidine rings is 1. The third-order valence-corrected chi connectivity index (χ3v) is 3.76. The third-order valence-electron chi connectivity index (χ3n) is 3.15. The number of rotatable bonds is 4. The lowest BCUT2D eigenvalue weighted by Gasteiger charge is -2.35. The maximum absolute atomic E-state index is 12.1. The van der Waals surface area contributed by atoms with E-state index < -0.39 is 5.97 Å². The Hall–Kier alpha value is -1.70. The van der Waals surface area contributed by atoms with Gasteiger partial charge in [0.2, 0.25) is 5.13 Å². The van der Waals surface area contributed by atoms with Crippen LogP contribution in [0.5, 0.6) is 0 Å². The van der Waals surface area contributed by atoms with Crippen LogP contribution >= 0.6 is 11.3 Å². The molecule has 2 amide bonds. The van der Waals surface area contributed by atoms with Crippen LogP contribution in [-0.2, 0) is 4.79 Å². The highest BCUT2D eigenvalue weighted by Crippen LogP contribution is 2.22. The summed E-state index contributed by atoms with van der Waals surface area (Å²) in [6, 6.07) is -0.218. The fourth-order valence-corrected chi connectivity index (χ4v) is 2.68. The highest BCUT2D eigenvalue weighted by molar-refractivity contribution is 7.13. The molecule has 0 radical (unpaired) electrons. The molecule has 19 heavy (non-hydrogen) atoms. The SMILES string of the molecule is O=C(O)CCC1CCCCN1C(=O)Nc1nncs1. The van der Waals surface area contributed by atoms with Crippen LogP contribution in [0.1, 0.15) is 32.1 Å². The number of aliphatic carboxylic acids is 1. The highest BCUT2D eigenvalue weighted by atomic mass is 32.1. The maximum Gasteiger partial charge on any atom is 0.323 e. The number of carbonyl (C=O) groups excluding carboxylic acids is 1. The number of urea groups is 1. The van der Waals surface area contributed by atoms with E-state index in [-0.39, 0.29) is 18.5 Å². The van der Waals surface area contributed by atoms with Gasteiger partial charge in [-0.25, -0.2) is 4.79 Å². The summed E-state index contributed by atoms with van der Waals surface area (Å²) in [5, 5.41) is 19.3. The van der Waals surface area contributed by atoms with E-state index in [1.165, 1.54) is 11.3 Å². The summed E-state index contributed by atoms with van der Waals surface area (Å²) in [7, 11) is 0. The first-order valence-corrected chi connectivity index (χ1v) is 7.10. The number of nitrogens with zero attached hydrogens (tertiary/aromatic N) is 3. The predicted octanol–water partition coefficient (Wildman–Crippen LogP) is 1.79. The largest absolute Gasteiger partial charge is 0.481 e. The van der Waals surface area contributed by atoms with Gasteiger partial charge in [-0.15, -0.1) is 10.2 Å². The summed E-state index contributed by atoms with van der Waals surface area (Å²) in [5.74, 6) is -0.824. The molecule has 104 valence electrons. The van der Waals surface area contributed by atoms with Gasteiger partial charge in [-0.2, -0.15) is 0 Å². The zero-order chi connectivity index (χ0) is 13.7. The number of amides is 2. The predicted molar refractivity (Wildman–Crippen MR) is 70.1 cm³/mol. The van der Waals surface area contributed by atoms with Crippen LogP contribution in [0.2, 0.25) is 0 Å². The van der Waals surface area contributed by atoms with Gasteiger partial charge < -0.3 is 10.0 Å². The van der Waals surface area contributed by atoms with E-state index in [1.54, 1.807) is 10.4 Å². The molecule has 1 atom stereocenters. The zero-order valence-corrected chi connectivity index (χ0v) is 11.2. The lowest BCUT2D eigenvalue weighted by Crippen LogP contribution is -2.46. The van der Waals surface area contributed by atoms with Gasteiger partial charge in [0.15, 0.2) is 0 Å². The van der Waals surface area contributed by atoms with Crippen LogP contribution in [0.25, 0.3) is 0 Å². The molecule has 7 nitrogen and oxygen atoms in total. The first kappa shape index (κ1) is 13.7. The average Bonchev–Trinajstić information content (AvgIpc) is 2.89. The number of carboxylic acid groups (broad SMARTS) is 1. The Morgan fingerprint density at radius 2 is 2.37 bits per heavy atom. The van der Waals surface area contributed by atoms with E-state index in [0.717, 1.165) is 19.3 Å². The van der Waals surface area contributed by atoms with Gasteiger partial charge in [-0.1, -0.05) is 11.3 Å². The molecule has 0 aliphatic carbocycles. The van der Waals surface area contributed by atoms with Crippen molar-refractivity contribution in [1.82, 2.24) is 15.1 Å². The minimum absolute atomic E-state index is 0.00206. The van der Waals surface area contributed by atoms with Gasteiger partial charge in [-0.3, -0.25) is 10.1 Å². The van der Waals surface area contributed by atoms with E-state index >= 15 is 0 Å². The number of likely N-dealkylation sites (tertiary alicyclic amines) is 1. The molecule has 1 aliphatic heterocycles. The Labute approximate surface area is 114 Å². The van der Waals surface area contributed by atoms with Crippen LogP contribution in [0.3, 0.4) is 0 Å². The summed E-state index contributed by atoms with van der Waals surface area (Å²) in [6.07, 6.45) is 3.43. The van der Waals surface area contributed by atoms with Crippen molar-refractivity contribution in [3.63, 3.8) is 0 Å². The second-order valence-electron chi connectivity index (χ2n) is 4.45. The maximum atomic E-state index is 12.1. The van der Waals surface area contributed by atoms with E-state index in [1.807, 2.05) is 0 Å². The number of hydrogen-bond acceptors (Lipinski definition) is 5. The Kier molecular flexibility index (Phi) is 4.67. The number of carboxylic acids is 1. The molecule has 0 bridgehead atoms. The molecule has 1 aliphatic rings. The molecule has 0 aromatic carbocycles. The van der Waals surface area contributed by atoms with Crippen LogP contribution in [0.4, 0.5) is 9.93 Å². The zero-order valence-electron chi connectivity index (χ0n) is 10.4. The summed E-state index contributed by atoms with van der Waals surface area (Å²) in [5.41, 5.74) is 1.55. The van der Waals surface area contributed by atoms with Crippen molar-refractivity contribution < 1.29 is 14.7 Å². The number of nitrogens with one attached hydrogen (secondary N) is 1. The molecule has 1 fully saturated rings. The van der Waals surface area contributed by atoms with Crippen LogP contribution in [0, 0.1) is 0 Å². The Morgan fingerprint density at radius 3 is 3.05 bits per heavy atom. The first-order valence-electron chi connectivity index (χ1n) is 6.22. The van der Waals surface area contributed by atoms with E-state index in [2.05, 4.69) is 15.5 Å². The third kappa shape index (κ3) is 3.88. The van der Waals surface area contributed by atoms with E-state index in [9.17, 15) is 9.59 Å². The lowest BCUT2D eigenvalue weighted by molar-refractivity contribution is -0.137. The van der Waals surface area contributed by atoms with Gasteiger partial charge >= 0.3 is 12.0 Å². The Morgan fingerprint density at radius 1 is 1.53 bits per heavy atom. The smallest absolute Gasteiger partial charge is 0.323 e. The number of hydrogen-bond donors (Lipinski definition) is 2. The van der Waals surface area contributed by atoms with Gasteiger partial charge in [0.1, 0.15) is 5.51 Å². The van der Waals surface area contributed by atoms with Crippen LogP contribution < -0.4 is 5.32 Å². The molecular weight excluding hydrogens is 268 g/mol. The van der Waals surface area contributed by atoms with Gasteiger partial charge in [-0.05, 0) is 25.7 Å². The average molecular weight is 284 g/mol. The number of aromatic nitrogens is 2. The summed E-state index contributed by atoms with van der Waals surface area (Å²) >= 11 is 1.26. The molecule has 1 aromatic rings. The van der Waals surface area contributed by atoms with Crippen molar-refractivity contribution in [1.29, 1.82) is 0 Å². The molecule has 1 saturated heterocycles.